The molecule has 0 bridgehead atoms. The highest BCUT2D eigenvalue weighted by Crippen LogP contribution is 2.39. The van der Waals surface area contributed by atoms with E-state index in [9.17, 15) is 5.11 Å². The summed E-state index contributed by atoms with van der Waals surface area (Å²) in [6, 6.07) is 5.13. The minimum Gasteiger partial charge on any atom is -0.391 e. The second kappa shape index (κ2) is 5.78. The van der Waals surface area contributed by atoms with Gasteiger partial charge in [0.1, 0.15) is 0 Å². The van der Waals surface area contributed by atoms with Crippen LogP contribution in [0.2, 0.25) is 0 Å². The van der Waals surface area contributed by atoms with Gasteiger partial charge in [0.05, 0.1) is 11.8 Å². The van der Waals surface area contributed by atoms with E-state index in [1.165, 1.54) is 25.7 Å². The lowest BCUT2D eigenvalue weighted by Crippen LogP contribution is -2.62. The van der Waals surface area contributed by atoms with Crippen molar-refractivity contribution in [2.24, 2.45) is 0 Å². The third-order valence-electron chi connectivity index (χ3n) is 5.65. The molecule has 2 heterocycles. The van der Waals surface area contributed by atoms with E-state index >= 15 is 0 Å². The van der Waals surface area contributed by atoms with E-state index in [2.05, 4.69) is 39.2 Å². The Bertz CT molecular complexity index is 510. The Labute approximate surface area is 132 Å². The Hall–Kier alpha value is -1.20. The lowest BCUT2D eigenvalue weighted by Gasteiger charge is -2.48. The number of anilines is 1. The lowest BCUT2D eigenvalue weighted by molar-refractivity contribution is 0.00675. The molecule has 1 saturated heterocycles. The molecular formula is C17H26N4O. The van der Waals surface area contributed by atoms with Crippen molar-refractivity contribution in [2.75, 3.05) is 25.0 Å². The van der Waals surface area contributed by atoms with Gasteiger partial charge in [-0.05, 0) is 44.9 Å². The number of hydrogen-bond donors (Lipinski definition) is 1. The second-order valence-electron chi connectivity index (χ2n) is 7.23. The van der Waals surface area contributed by atoms with Gasteiger partial charge in [-0.1, -0.05) is 12.8 Å². The molecule has 2 saturated carbocycles. The van der Waals surface area contributed by atoms with Crippen molar-refractivity contribution in [1.29, 1.82) is 0 Å². The molecule has 2 aliphatic carbocycles. The molecule has 4 rings (SSSR count). The van der Waals surface area contributed by atoms with Crippen molar-refractivity contribution < 1.29 is 5.11 Å². The first-order valence-corrected chi connectivity index (χ1v) is 8.71. The van der Waals surface area contributed by atoms with E-state index in [1.807, 2.05) is 0 Å². The van der Waals surface area contributed by atoms with Gasteiger partial charge in [0.25, 0.3) is 0 Å². The summed E-state index contributed by atoms with van der Waals surface area (Å²) >= 11 is 0. The molecule has 0 aromatic carbocycles. The maximum Gasteiger partial charge on any atom is 0.151 e. The SMILES string of the molecule is CN(C1CN(c2ccc(C3CC3)nn2)C1)C1CCCCC1O. The van der Waals surface area contributed by atoms with Gasteiger partial charge in [-0.3, -0.25) is 4.90 Å². The van der Waals surface area contributed by atoms with E-state index < -0.39 is 0 Å². The van der Waals surface area contributed by atoms with Crippen LogP contribution in [0.4, 0.5) is 5.82 Å². The van der Waals surface area contributed by atoms with Gasteiger partial charge >= 0.3 is 0 Å². The summed E-state index contributed by atoms with van der Waals surface area (Å²) < 4.78 is 0. The second-order valence-corrected chi connectivity index (χ2v) is 7.23. The molecule has 1 aliphatic heterocycles. The topological polar surface area (TPSA) is 52.5 Å². The Balaban J connectivity index is 1.32. The summed E-state index contributed by atoms with van der Waals surface area (Å²) in [6.45, 7) is 1.99. The lowest BCUT2D eigenvalue weighted by atomic mass is 9.90. The zero-order valence-corrected chi connectivity index (χ0v) is 13.4. The molecule has 2 atom stereocenters. The molecule has 0 amide bonds. The van der Waals surface area contributed by atoms with Crippen LogP contribution in [0.15, 0.2) is 12.1 Å². The van der Waals surface area contributed by atoms with Crippen LogP contribution in [0.25, 0.3) is 0 Å². The number of aliphatic hydroxyl groups excluding tert-OH is 1. The zero-order chi connectivity index (χ0) is 15.1. The molecule has 3 aliphatic rings. The standard InChI is InChI=1S/C17H26N4O/c1-20(15-4-2-3-5-16(15)22)13-10-21(11-13)17-9-8-14(18-19-17)12-6-7-12/h8-9,12-13,15-16,22H,2-7,10-11H2,1H3. The molecule has 5 nitrogen and oxygen atoms in total. The quantitative estimate of drug-likeness (QED) is 0.919. The predicted molar refractivity (Wildman–Crippen MR) is 86.0 cm³/mol. The van der Waals surface area contributed by atoms with E-state index in [0.717, 1.165) is 37.4 Å². The minimum atomic E-state index is -0.148. The van der Waals surface area contributed by atoms with E-state index in [-0.39, 0.29) is 6.10 Å². The number of nitrogens with zero attached hydrogens (tertiary/aromatic N) is 4. The van der Waals surface area contributed by atoms with Gasteiger partial charge in [-0.15, -0.1) is 5.10 Å². The third kappa shape index (κ3) is 2.72. The first-order valence-electron chi connectivity index (χ1n) is 8.71. The van der Waals surface area contributed by atoms with Crippen LogP contribution in [0.3, 0.4) is 0 Å². The van der Waals surface area contributed by atoms with Crippen molar-refractivity contribution in [3.63, 3.8) is 0 Å². The number of aromatic nitrogens is 2. The van der Waals surface area contributed by atoms with E-state index in [4.69, 9.17) is 0 Å². The third-order valence-corrected chi connectivity index (χ3v) is 5.65. The van der Waals surface area contributed by atoms with Crippen LogP contribution in [-0.2, 0) is 0 Å². The Morgan fingerprint density at radius 2 is 1.86 bits per heavy atom. The summed E-state index contributed by atoms with van der Waals surface area (Å²) in [5.41, 5.74) is 1.16. The van der Waals surface area contributed by atoms with E-state index in [1.54, 1.807) is 0 Å². The number of aliphatic hydroxyl groups is 1. The smallest absolute Gasteiger partial charge is 0.151 e. The minimum absolute atomic E-state index is 0.148. The van der Waals surface area contributed by atoms with Crippen molar-refractivity contribution in [2.45, 2.75) is 62.6 Å². The Kier molecular flexibility index (Phi) is 3.78. The summed E-state index contributed by atoms with van der Waals surface area (Å²) in [6.07, 6.45) is 6.90. The van der Waals surface area contributed by atoms with Crippen LogP contribution in [0, 0.1) is 0 Å². The first kappa shape index (κ1) is 14.4. The molecule has 120 valence electrons. The molecule has 5 heteroatoms. The predicted octanol–water partition coefficient (Wildman–Crippen LogP) is 1.78. The molecule has 0 spiro atoms. The van der Waals surface area contributed by atoms with Crippen molar-refractivity contribution in [3.8, 4) is 0 Å². The molecular weight excluding hydrogens is 276 g/mol. The van der Waals surface area contributed by atoms with Crippen molar-refractivity contribution >= 4 is 5.82 Å². The molecule has 0 radical (unpaired) electrons. The van der Waals surface area contributed by atoms with Gasteiger partial charge in [0.15, 0.2) is 5.82 Å². The average Bonchev–Trinajstić information content (AvgIpc) is 3.31. The van der Waals surface area contributed by atoms with Crippen molar-refractivity contribution in [1.82, 2.24) is 15.1 Å². The van der Waals surface area contributed by atoms with Gasteiger partial charge in [-0.25, -0.2) is 0 Å². The summed E-state index contributed by atoms with van der Waals surface area (Å²) in [4.78, 5) is 4.69. The Morgan fingerprint density at radius 1 is 1.09 bits per heavy atom. The summed E-state index contributed by atoms with van der Waals surface area (Å²) in [5.74, 6) is 1.67. The van der Waals surface area contributed by atoms with Crippen LogP contribution in [-0.4, -0.2) is 58.5 Å². The first-order chi connectivity index (χ1) is 10.7. The number of likely N-dealkylation sites (N-methyl/N-ethyl adjacent to an activating group) is 1. The summed E-state index contributed by atoms with van der Waals surface area (Å²) in [5, 5.41) is 19.0. The molecule has 3 fully saturated rings. The highest BCUT2D eigenvalue weighted by Gasteiger charge is 2.37. The molecule has 1 aromatic rings. The molecule has 2 unspecified atom stereocenters. The van der Waals surface area contributed by atoms with Crippen molar-refractivity contribution in [3.05, 3.63) is 17.8 Å². The van der Waals surface area contributed by atoms with Gasteiger partial charge in [-0.2, -0.15) is 5.10 Å². The fourth-order valence-corrected chi connectivity index (χ4v) is 3.84. The van der Waals surface area contributed by atoms with E-state index in [0.29, 0.717) is 18.0 Å². The van der Waals surface area contributed by atoms with Crippen LogP contribution in [0.5, 0.6) is 0 Å². The fraction of sp³-hybridized carbons (Fsp3) is 0.765. The highest BCUT2D eigenvalue weighted by atomic mass is 16.3. The fourth-order valence-electron chi connectivity index (χ4n) is 3.84. The van der Waals surface area contributed by atoms with Crippen LogP contribution >= 0.6 is 0 Å². The maximum absolute atomic E-state index is 10.2. The molecule has 22 heavy (non-hydrogen) atoms. The normalized spacial score (nSPS) is 29.7. The van der Waals surface area contributed by atoms with Gasteiger partial charge in [0, 0.05) is 31.1 Å². The summed E-state index contributed by atoms with van der Waals surface area (Å²) in [7, 11) is 2.17. The molecule has 1 aromatic heterocycles. The number of rotatable bonds is 4. The van der Waals surface area contributed by atoms with Gasteiger partial charge in [0.2, 0.25) is 0 Å². The van der Waals surface area contributed by atoms with Crippen LogP contribution < -0.4 is 4.90 Å². The monoisotopic (exact) mass is 302 g/mol. The van der Waals surface area contributed by atoms with Crippen LogP contribution in [0.1, 0.15) is 50.1 Å². The largest absolute Gasteiger partial charge is 0.391 e. The zero-order valence-electron chi connectivity index (χ0n) is 13.4. The number of hydrogen-bond acceptors (Lipinski definition) is 5. The highest BCUT2D eigenvalue weighted by molar-refractivity contribution is 5.42. The Morgan fingerprint density at radius 3 is 2.50 bits per heavy atom. The van der Waals surface area contributed by atoms with Gasteiger partial charge < -0.3 is 10.0 Å². The average molecular weight is 302 g/mol. The molecule has 1 N–H and O–H groups in total. The maximum atomic E-state index is 10.2.